The SMILES string of the molecule is CC(C)Cc1ccc(CSCC=O)cc1. The maximum absolute atomic E-state index is 10.1. The van der Waals surface area contributed by atoms with Gasteiger partial charge in [-0.25, -0.2) is 0 Å². The fraction of sp³-hybridized carbons (Fsp3) is 0.462. The van der Waals surface area contributed by atoms with E-state index < -0.39 is 0 Å². The second-order valence-electron chi connectivity index (χ2n) is 4.10. The molecule has 1 aromatic carbocycles. The zero-order valence-electron chi connectivity index (χ0n) is 9.40. The maximum Gasteiger partial charge on any atom is 0.129 e. The Morgan fingerprint density at radius 3 is 2.33 bits per heavy atom. The summed E-state index contributed by atoms with van der Waals surface area (Å²) in [7, 11) is 0. The quantitative estimate of drug-likeness (QED) is 0.542. The Kier molecular flexibility index (Phi) is 5.48. The van der Waals surface area contributed by atoms with E-state index in [1.807, 2.05) is 0 Å². The third-order valence-electron chi connectivity index (χ3n) is 2.12. The van der Waals surface area contributed by atoms with E-state index in [4.69, 9.17) is 0 Å². The molecule has 0 heterocycles. The number of hydrogen-bond donors (Lipinski definition) is 0. The molecule has 0 saturated heterocycles. The summed E-state index contributed by atoms with van der Waals surface area (Å²) < 4.78 is 0. The number of aldehydes is 1. The van der Waals surface area contributed by atoms with Crippen LogP contribution in [0.4, 0.5) is 0 Å². The first-order chi connectivity index (χ1) is 7.22. The van der Waals surface area contributed by atoms with Gasteiger partial charge in [0.25, 0.3) is 0 Å². The van der Waals surface area contributed by atoms with Gasteiger partial charge in [-0.2, -0.15) is 0 Å². The van der Waals surface area contributed by atoms with E-state index in [2.05, 4.69) is 38.1 Å². The molecule has 1 aromatic rings. The average molecular weight is 222 g/mol. The van der Waals surface area contributed by atoms with Gasteiger partial charge in [0.1, 0.15) is 6.29 Å². The van der Waals surface area contributed by atoms with Gasteiger partial charge in [0.2, 0.25) is 0 Å². The molecule has 0 unspecified atom stereocenters. The van der Waals surface area contributed by atoms with Gasteiger partial charge in [-0.05, 0) is 23.5 Å². The fourth-order valence-electron chi connectivity index (χ4n) is 1.47. The van der Waals surface area contributed by atoms with Crippen LogP contribution in [0.5, 0.6) is 0 Å². The van der Waals surface area contributed by atoms with Crippen LogP contribution in [-0.2, 0) is 17.0 Å². The van der Waals surface area contributed by atoms with Crippen LogP contribution >= 0.6 is 11.8 Å². The molecule has 0 saturated carbocycles. The molecule has 0 bridgehead atoms. The van der Waals surface area contributed by atoms with Crippen LogP contribution in [0.2, 0.25) is 0 Å². The lowest BCUT2D eigenvalue weighted by Gasteiger charge is -2.05. The smallest absolute Gasteiger partial charge is 0.129 e. The molecule has 0 atom stereocenters. The van der Waals surface area contributed by atoms with Crippen LogP contribution in [0.1, 0.15) is 25.0 Å². The number of thioether (sulfide) groups is 1. The molecule has 0 spiro atoms. The highest BCUT2D eigenvalue weighted by Gasteiger charge is 1.98. The van der Waals surface area contributed by atoms with Crippen molar-refractivity contribution >= 4 is 18.0 Å². The van der Waals surface area contributed by atoms with E-state index in [-0.39, 0.29) is 0 Å². The maximum atomic E-state index is 10.1. The molecule has 1 nitrogen and oxygen atoms in total. The Labute approximate surface area is 96.3 Å². The molecule has 0 fully saturated rings. The van der Waals surface area contributed by atoms with Gasteiger partial charge >= 0.3 is 0 Å². The van der Waals surface area contributed by atoms with Gasteiger partial charge < -0.3 is 4.79 Å². The van der Waals surface area contributed by atoms with E-state index in [1.165, 1.54) is 11.1 Å². The highest BCUT2D eigenvalue weighted by atomic mass is 32.2. The Balaban J connectivity index is 2.45. The predicted octanol–water partition coefficient (Wildman–Crippen LogP) is 3.32. The summed E-state index contributed by atoms with van der Waals surface area (Å²) in [6, 6.07) is 8.71. The normalized spacial score (nSPS) is 10.6. The molecule has 0 aliphatic carbocycles. The molecular formula is C13H18OS. The van der Waals surface area contributed by atoms with Crippen LogP contribution in [-0.4, -0.2) is 12.0 Å². The van der Waals surface area contributed by atoms with Gasteiger partial charge in [-0.15, -0.1) is 11.8 Å². The molecule has 15 heavy (non-hydrogen) atoms. The van der Waals surface area contributed by atoms with E-state index in [9.17, 15) is 4.79 Å². The van der Waals surface area contributed by atoms with Crippen molar-refractivity contribution < 1.29 is 4.79 Å². The number of benzene rings is 1. The van der Waals surface area contributed by atoms with Crippen LogP contribution in [0.15, 0.2) is 24.3 Å². The molecule has 0 amide bonds. The minimum Gasteiger partial charge on any atom is -0.302 e. The third kappa shape index (κ3) is 5.03. The van der Waals surface area contributed by atoms with Crippen LogP contribution in [0.25, 0.3) is 0 Å². The summed E-state index contributed by atoms with van der Waals surface area (Å²) in [5, 5.41) is 0. The number of carbonyl (C=O) groups excluding carboxylic acids is 1. The lowest BCUT2D eigenvalue weighted by Crippen LogP contribution is -1.94. The summed E-state index contributed by atoms with van der Waals surface area (Å²) >= 11 is 1.66. The summed E-state index contributed by atoms with van der Waals surface area (Å²) in [5.41, 5.74) is 2.70. The molecule has 0 aliphatic heterocycles. The van der Waals surface area contributed by atoms with Crippen molar-refractivity contribution in [2.45, 2.75) is 26.0 Å². The monoisotopic (exact) mass is 222 g/mol. The van der Waals surface area contributed by atoms with Crippen molar-refractivity contribution in [2.24, 2.45) is 5.92 Å². The number of rotatable bonds is 6. The molecule has 0 radical (unpaired) electrons. The van der Waals surface area contributed by atoms with Crippen LogP contribution < -0.4 is 0 Å². The molecule has 1 rings (SSSR count). The lowest BCUT2D eigenvalue weighted by molar-refractivity contribution is -0.105. The van der Waals surface area contributed by atoms with Crippen molar-refractivity contribution in [1.82, 2.24) is 0 Å². The topological polar surface area (TPSA) is 17.1 Å². The lowest BCUT2D eigenvalue weighted by atomic mass is 10.0. The van der Waals surface area contributed by atoms with Crippen molar-refractivity contribution in [3.05, 3.63) is 35.4 Å². The van der Waals surface area contributed by atoms with Gasteiger partial charge in [-0.3, -0.25) is 0 Å². The number of carbonyl (C=O) groups is 1. The second kappa shape index (κ2) is 6.67. The molecule has 0 aromatic heterocycles. The number of hydrogen-bond acceptors (Lipinski definition) is 2. The second-order valence-corrected chi connectivity index (χ2v) is 5.13. The molecule has 2 heteroatoms. The molecule has 0 aliphatic rings. The average Bonchev–Trinajstić information content (AvgIpc) is 2.20. The van der Waals surface area contributed by atoms with Crippen LogP contribution in [0, 0.1) is 5.92 Å². The summed E-state index contributed by atoms with van der Waals surface area (Å²) in [6.07, 6.45) is 2.10. The van der Waals surface area contributed by atoms with Gasteiger partial charge in [-0.1, -0.05) is 38.1 Å². The Morgan fingerprint density at radius 2 is 1.80 bits per heavy atom. The Bertz CT molecular complexity index is 290. The first-order valence-electron chi connectivity index (χ1n) is 5.31. The summed E-state index contributed by atoms with van der Waals surface area (Å²) in [4.78, 5) is 10.1. The van der Waals surface area contributed by atoms with Crippen molar-refractivity contribution in [1.29, 1.82) is 0 Å². The zero-order chi connectivity index (χ0) is 11.1. The molecular weight excluding hydrogens is 204 g/mol. The van der Waals surface area contributed by atoms with E-state index in [0.717, 1.165) is 18.5 Å². The Morgan fingerprint density at radius 1 is 1.20 bits per heavy atom. The summed E-state index contributed by atoms with van der Waals surface area (Å²) in [6.45, 7) is 4.46. The van der Waals surface area contributed by atoms with Gasteiger partial charge in [0, 0.05) is 11.5 Å². The molecule has 82 valence electrons. The van der Waals surface area contributed by atoms with E-state index in [1.54, 1.807) is 11.8 Å². The predicted molar refractivity (Wildman–Crippen MR) is 67.2 cm³/mol. The van der Waals surface area contributed by atoms with Gasteiger partial charge in [0.15, 0.2) is 0 Å². The standard InChI is InChI=1S/C13H18OS/c1-11(2)9-12-3-5-13(6-4-12)10-15-8-7-14/h3-7,11H,8-10H2,1-2H3. The minimum atomic E-state index is 0.591. The van der Waals surface area contributed by atoms with E-state index in [0.29, 0.717) is 11.7 Å². The van der Waals surface area contributed by atoms with Crippen LogP contribution in [0.3, 0.4) is 0 Å². The zero-order valence-corrected chi connectivity index (χ0v) is 10.2. The first kappa shape index (κ1) is 12.3. The summed E-state index contributed by atoms with van der Waals surface area (Å²) in [5.74, 6) is 2.23. The van der Waals surface area contributed by atoms with Crippen molar-refractivity contribution in [3.63, 3.8) is 0 Å². The van der Waals surface area contributed by atoms with Gasteiger partial charge in [0.05, 0.1) is 0 Å². The highest BCUT2D eigenvalue weighted by molar-refractivity contribution is 7.99. The third-order valence-corrected chi connectivity index (χ3v) is 3.03. The fourth-order valence-corrected chi connectivity index (χ4v) is 2.11. The van der Waals surface area contributed by atoms with Crippen molar-refractivity contribution in [3.8, 4) is 0 Å². The van der Waals surface area contributed by atoms with Crippen molar-refractivity contribution in [2.75, 3.05) is 5.75 Å². The molecule has 0 N–H and O–H groups in total. The van der Waals surface area contributed by atoms with E-state index >= 15 is 0 Å². The Hall–Kier alpha value is -0.760. The largest absolute Gasteiger partial charge is 0.302 e. The minimum absolute atomic E-state index is 0.591. The first-order valence-corrected chi connectivity index (χ1v) is 6.47. The highest BCUT2D eigenvalue weighted by Crippen LogP contribution is 2.14.